The summed E-state index contributed by atoms with van der Waals surface area (Å²) in [5.74, 6) is 1.98. The Hall–Kier alpha value is -5.12. The lowest BCUT2D eigenvalue weighted by atomic mass is 9.72. The van der Waals surface area contributed by atoms with Gasteiger partial charge < -0.3 is 29.1 Å². The first kappa shape index (κ1) is 50.3. The number of piperidine rings is 2. The topological polar surface area (TPSA) is 123 Å². The molecule has 0 radical (unpaired) electrons. The number of esters is 1. The summed E-state index contributed by atoms with van der Waals surface area (Å²) in [4.78, 5) is 52.4. The molecule has 2 aliphatic carbocycles. The van der Waals surface area contributed by atoms with Gasteiger partial charge in [-0.1, -0.05) is 73.2 Å². The second-order valence-electron chi connectivity index (χ2n) is 21.4. The number of hydrogen-bond acceptors (Lipinski definition) is 7. The van der Waals surface area contributed by atoms with Crippen molar-refractivity contribution in [1.29, 1.82) is 0 Å². The summed E-state index contributed by atoms with van der Waals surface area (Å²) in [6, 6.07) is 23.9. The Morgan fingerprint density at radius 1 is 0.500 bits per heavy atom. The van der Waals surface area contributed by atoms with Gasteiger partial charge in [0, 0.05) is 37.3 Å². The number of carboxylic acids is 1. The van der Waals surface area contributed by atoms with Crippen LogP contribution in [0.2, 0.25) is 0 Å². The fraction of sp³-hybridized carbons (Fsp3) is 0.571. The van der Waals surface area contributed by atoms with E-state index >= 15 is 0 Å². The van der Waals surface area contributed by atoms with Crippen LogP contribution in [0.3, 0.4) is 0 Å². The molecule has 2 amide bonds. The van der Waals surface area contributed by atoms with Gasteiger partial charge in [-0.15, -0.1) is 0 Å². The highest BCUT2D eigenvalue weighted by Gasteiger charge is 2.33. The highest BCUT2D eigenvalue weighted by Crippen LogP contribution is 2.40. The van der Waals surface area contributed by atoms with Gasteiger partial charge in [0.1, 0.15) is 11.5 Å². The monoisotopic (exact) mass is 905 g/mol. The van der Waals surface area contributed by atoms with E-state index in [1.54, 1.807) is 4.90 Å². The van der Waals surface area contributed by atoms with Gasteiger partial charge in [0.15, 0.2) is 0 Å². The fourth-order valence-electron chi connectivity index (χ4n) is 10.5. The quantitative estimate of drug-likeness (QED) is 0.173. The Bertz CT molecular complexity index is 2290. The number of ether oxygens (including phenoxy) is 3. The second-order valence-corrected chi connectivity index (χ2v) is 21.4. The molecule has 0 aromatic heterocycles. The maximum absolute atomic E-state index is 13.0. The summed E-state index contributed by atoms with van der Waals surface area (Å²) in [5, 5.41) is 13.3. The number of hydrogen-bond donors (Lipinski definition) is 1. The molecule has 2 saturated carbocycles. The number of benzene rings is 4. The highest BCUT2D eigenvalue weighted by molar-refractivity contribution is 6.00. The zero-order valence-electron chi connectivity index (χ0n) is 39.9. The number of carboxylic acid groups (broad SMARTS) is 1. The van der Waals surface area contributed by atoms with Crippen molar-refractivity contribution in [1.82, 2.24) is 9.80 Å². The third kappa shape index (κ3) is 12.6. The van der Waals surface area contributed by atoms with Crippen LogP contribution in [0.25, 0.3) is 21.5 Å². The van der Waals surface area contributed by atoms with Gasteiger partial charge in [-0.2, -0.15) is 0 Å². The van der Waals surface area contributed by atoms with E-state index in [1.165, 1.54) is 32.8 Å². The van der Waals surface area contributed by atoms with Crippen molar-refractivity contribution in [3.63, 3.8) is 0 Å². The molecule has 4 aromatic rings. The van der Waals surface area contributed by atoms with Crippen LogP contribution in [0.15, 0.2) is 72.8 Å². The Morgan fingerprint density at radius 3 is 1.20 bits per heavy atom. The molecule has 8 rings (SSSR count). The predicted octanol–water partition coefficient (Wildman–Crippen LogP) is 12.2. The molecule has 0 spiro atoms. The summed E-state index contributed by atoms with van der Waals surface area (Å²) in [6.07, 6.45) is 12.2. The Balaban J connectivity index is 0.000000215. The molecule has 0 atom stereocenters. The van der Waals surface area contributed by atoms with Gasteiger partial charge in [-0.05, 0) is 170 Å². The number of rotatable bonds is 8. The fourth-order valence-corrected chi connectivity index (χ4v) is 10.5. The number of carbonyl (C=O) groups excluding carboxylic acids is 3. The summed E-state index contributed by atoms with van der Waals surface area (Å²) in [5.41, 5.74) is 2.09. The molecule has 0 bridgehead atoms. The standard InChI is InChI=1S/C28H37NO4.C27H35NO4.CH4/c1-28(2,3)23-8-11-24(12-9-23)33-25-10-7-20-17-22(6-5-21(20)18-25)26(30)29-15-13-19(14-16-29)27(31)32-4;1-27(2,3)22-7-10-23(11-8-22)32-24-9-6-19-16-21(5-4-20(19)17-24)25(29)28-14-12-18(13-15-28)26(30)31;/h5-7,10,17-19,23-24H,8-9,11-16H2,1-4H3;4-6,9,16-18,22-23H,7-8,10-15H2,1-3H3,(H,30,31);1H4. The van der Waals surface area contributed by atoms with Crippen LogP contribution in [0, 0.1) is 34.5 Å². The number of fused-ring (bicyclic) bond motifs is 2. The third-order valence-corrected chi connectivity index (χ3v) is 15.0. The van der Waals surface area contributed by atoms with Gasteiger partial charge in [0.25, 0.3) is 11.8 Å². The van der Waals surface area contributed by atoms with Gasteiger partial charge in [-0.3, -0.25) is 19.2 Å². The molecule has 4 aromatic carbocycles. The Labute approximate surface area is 393 Å². The average Bonchev–Trinajstić information content (AvgIpc) is 3.30. The molecule has 0 unspecified atom stereocenters. The van der Waals surface area contributed by atoms with Crippen molar-refractivity contribution >= 4 is 45.3 Å². The largest absolute Gasteiger partial charge is 0.490 e. The number of methoxy groups -OCH3 is 1. The minimum absolute atomic E-state index is 0. The van der Waals surface area contributed by atoms with Crippen LogP contribution in [-0.2, 0) is 14.3 Å². The summed E-state index contributed by atoms with van der Waals surface area (Å²) in [7, 11) is 1.42. The molecule has 2 heterocycles. The molecule has 358 valence electrons. The molecule has 10 heteroatoms. The van der Waals surface area contributed by atoms with E-state index in [0.717, 1.165) is 70.6 Å². The molecule has 2 saturated heterocycles. The van der Waals surface area contributed by atoms with E-state index < -0.39 is 5.97 Å². The minimum Gasteiger partial charge on any atom is -0.490 e. The van der Waals surface area contributed by atoms with Gasteiger partial charge in [-0.25, -0.2) is 0 Å². The maximum Gasteiger partial charge on any atom is 0.308 e. The number of amides is 2. The van der Waals surface area contributed by atoms with Crippen LogP contribution < -0.4 is 9.47 Å². The van der Waals surface area contributed by atoms with Crippen LogP contribution in [0.1, 0.15) is 147 Å². The van der Waals surface area contributed by atoms with E-state index in [-0.39, 0.29) is 49.3 Å². The summed E-state index contributed by atoms with van der Waals surface area (Å²) in [6.45, 7) is 16.2. The van der Waals surface area contributed by atoms with Gasteiger partial charge in [0.05, 0.1) is 31.2 Å². The average molecular weight is 905 g/mol. The van der Waals surface area contributed by atoms with Crippen molar-refractivity contribution < 1.29 is 38.5 Å². The lowest BCUT2D eigenvalue weighted by Crippen LogP contribution is -2.40. The molecule has 10 nitrogen and oxygen atoms in total. The van der Waals surface area contributed by atoms with Crippen LogP contribution in [0.5, 0.6) is 11.5 Å². The first-order chi connectivity index (χ1) is 30.9. The Kier molecular flexibility index (Phi) is 16.5. The number of nitrogens with zero attached hydrogens (tertiary/aromatic N) is 2. The third-order valence-electron chi connectivity index (χ3n) is 15.0. The summed E-state index contributed by atoms with van der Waals surface area (Å²) < 4.78 is 17.5. The summed E-state index contributed by atoms with van der Waals surface area (Å²) >= 11 is 0. The van der Waals surface area contributed by atoms with Crippen molar-refractivity contribution in [3.8, 4) is 11.5 Å². The maximum atomic E-state index is 13.0. The Morgan fingerprint density at radius 2 is 0.848 bits per heavy atom. The van der Waals surface area contributed by atoms with Crippen LogP contribution in [-0.4, -0.2) is 84.2 Å². The van der Waals surface area contributed by atoms with E-state index in [9.17, 15) is 19.2 Å². The van der Waals surface area contributed by atoms with E-state index in [2.05, 4.69) is 53.7 Å². The zero-order chi connectivity index (χ0) is 46.5. The molecule has 66 heavy (non-hydrogen) atoms. The van der Waals surface area contributed by atoms with E-state index in [0.29, 0.717) is 73.8 Å². The number of carbonyl (C=O) groups is 4. The van der Waals surface area contributed by atoms with Crippen LogP contribution in [0.4, 0.5) is 0 Å². The minimum atomic E-state index is -0.761. The molecule has 2 aliphatic heterocycles. The predicted molar refractivity (Wildman–Crippen MR) is 263 cm³/mol. The number of likely N-dealkylation sites (tertiary alicyclic amines) is 2. The lowest BCUT2D eigenvalue weighted by molar-refractivity contribution is -0.147. The molecule has 4 fully saturated rings. The highest BCUT2D eigenvalue weighted by atomic mass is 16.5. The second kappa shape index (κ2) is 21.7. The first-order valence-electron chi connectivity index (χ1n) is 24.3. The van der Waals surface area contributed by atoms with Crippen molar-refractivity contribution in [3.05, 3.63) is 83.9 Å². The van der Waals surface area contributed by atoms with Crippen molar-refractivity contribution in [2.45, 2.75) is 138 Å². The molecule has 4 aliphatic rings. The normalized spacial score (nSPS) is 22.1. The molecule has 1 N–H and O–H groups in total. The van der Waals surface area contributed by atoms with Crippen molar-refractivity contribution in [2.24, 2.45) is 34.5 Å². The SMILES string of the molecule is C.CC(C)(C)C1CCC(Oc2ccc3cc(C(=O)N4CCC(C(=O)O)CC4)ccc3c2)CC1.COC(=O)C1CCN(C(=O)c2ccc3cc(OC4CCC(C(C)(C)C)CC4)ccc3c2)CC1. The zero-order valence-corrected chi connectivity index (χ0v) is 39.9. The van der Waals surface area contributed by atoms with E-state index in [4.69, 9.17) is 19.3 Å². The van der Waals surface area contributed by atoms with E-state index in [1.807, 2.05) is 65.6 Å². The smallest absolute Gasteiger partial charge is 0.308 e. The molecular weight excluding hydrogens is 829 g/mol. The molecular formula is C56H76N2O8. The van der Waals surface area contributed by atoms with Gasteiger partial charge >= 0.3 is 11.9 Å². The van der Waals surface area contributed by atoms with Gasteiger partial charge in [0.2, 0.25) is 0 Å². The lowest BCUT2D eigenvalue weighted by Gasteiger charge is -2.37. The number of aliphatic carboxylic acids is 1. The van der Waals surface area contributed by atoms with Crippen molar-refractivity contribution in [2.75, 3.05) is 33.3 Å². The van der Waals surface area contributed by atoms with Crippen LogP contribution >= 0.6 is 0 Å². The first-order valence-corrected chi connectivity index (χ1v) is 24.3.